The highest BCUT2D eigenvalue weighted by atomic mass is 19.1. The normalized spacial score (nSPS) is 18.0. The van der Waals surface area contributed by atoms with Gasteiger partial charge in [0.1, 0.15) is 34.6 Å². The molecule has 3 aliphatic rings. The summed E-state index contributed by atoms with van der Waals surface area (Å²) in [4.78, 5) is 27.4. The van der Waals surface area contributed by atoms with Crippen LogP contribution in [-0.4, -0.2) is 73.1 Å². The number of aromatic hydroxyl groups is 1. The van der Waals surface area contributed by atoms with Crippen molar-refractivity contribution in [3.63, 3.8) is 0 Å². The molecule has 2 unspecified atom stereocenters. The highest BCUT2D eigenvalue weighted by Gasteiger charge is 2.48. The topological polar surface area (TPSA) is 117 Å². The number of aromatic nitrogens is 4. The monoisotopic (exact) mass is 758 g/mol. The van der Waals surface area contributed by atoms with Crippen LogP contribution < -0.4 is 9.64 Å². The number of terminal acetylenes is 1. The Hall–Kier alpha value is -5.37. The van der Waals surface area contributed by atoms with E-state index in [2.05, 4.69) is 40.9 Å². The number of halogens is 1. The smallest absolute Gasteiger partial charge is 0.410 e. The van der Waals surface area contributed by atoms with Gasteiger partial charge < -0.3 is 24.4 Å². The summed E-state index contributed by atoms with van der Waals surface area (Å²) in [5.74, 6) is 3.13. The Morgan fingerprint density at radius 2 is 1.79 bits per heavy atom. The first-order valence-corrected chi connectivity index (χ1v) is 20.2. The van der Waals surface area contributed by atoms with Crippen LogP contribution in [-0.2, 0) is 17.6 Å². The van der Waals surface area contributed by atoms with Crippen molar-refractivity contribution < 1.29 is 23.8 Å². The third-order valence-corrected chi connectivity index (χ3v) is 11.4. The van der Waals surface area contributed by atoms with Crippen molar-refractivity contribution >= 4 is 33.7 Å². The fourth-order valence-corrected chi connectivity index (χ4v) is 8.68. The summed E-state index contributed by atoms with van der Waals surface area (Å²) in [6.45, 7) is 11.0. The van der Waals surface area contributed by atoms with Crippen LogP contribution in [0, 0.1) is 18.2 Å². The van der Waals surface area contributed by atoms with Crippen molar-refractivity contribution in [3.8, 4) is 35.2 Å². The lowest BCUT2D eigenvalue weighted by atomic mass is 9.86. The number of hydrogen-bond acceptors (Lipinski definition) is 8. The highest BCUT2D eigenvalue weighted by molar-refractivity contribution is 6.06. The van der Waals surface area contributed by atoms with E-state index in [1.54, 1.807) is 6.20 Å². The number of hydrogen-bond donors (Lipinski definition) is 2. The Kier molecular flexibility index (Phi) is 10.0. The molecule has 2 N–H and O–H groups in total. The maximum absolute atomic E-state index is 16.4. The predicted octanol–water partition coefficient (Wildman–Crippen LogP) is 9.21. The minimum atomic E-state index is -0.590. The predicted molar refractivity (Wildman–Crippen MR) is 217 cm³/mol. The molecule has 11 heteroatoms. The molecule has 2 aromatic heterocycles. The van der Waals surface area contributed by atoms with Gasteiger partial charge in [-0.25, -0.2) is 9.18 Å². The molecule has 56 heavy (non-hydrogen) atoms. The fraction of sp³-hybridized carbons (Fsp3) is 0.467. The minimum absolute atomic E-state index is 0.00168. The molecule has 10 nitrogen and oxygen atoms in total. The van der Waals surface area contributed by atoms with Crippen molar-refractivity contribution in [3.05, 3.63) is 70.7 Å². The number of likely N-dealkylation sites (tertiary alicyclic amines) is 1. The van der Waals surface area contributed by atoms with E-state index >= 15 is 4.39 Å². The number of anilines is 1. The number of nitrogens with zero attached hydrogens (tertiary/aromatic N) is 5. The number of ether oxygens (including phenoxy) is 2. The highest BCUT2D eigenvalue weighted by Crippen LogP contribution is 2.53. The molecule has 1 amide bonds. The summed E-state index contributed by atoms with van der Waals surface area (Å²) in [7, 11) is 0. The number of carbonyl (C=O) groups excluding carboxylic acids is 1. The number of phenols is 1. The zero-order valence-electron chi connectivity index (χ0n) is 33.0. The zero-order valence-corrected chi connectivity index (χ0v) is 33.0. The molecular weight excluding hydrogens is 708 g/mol. The number of aromatic amines is 1. The van der Waals surface area contributed by atoms with E-state index in [1.807, 2.05) is 49.9 Å². The molecule has 1 saturated carbocycles. The van der Waals surface area contributed by atoms with Crippen molar-refractivity contribution in [2.75, 3.05) is 18.0 Å². The Morgan fingerprint density at radius 1 is 1.04 bits per heavy atom. The van der Waals surface area contributed by atoms with Crippen LogP contribution in [0.25, 0.3) is 32.9 Å². The first-order valence-electron chi connectivity index (χ1n) is 20.2. The van der Waals surface area contributed by atoms with Crippen LogP contribution in [0.4, 0.5) is 15.0 Å². The Labute approximate surface area is 327 Å². The number of benzene rings is 3. The summed E-state index contributed by atoms with van der Waals surface area (Å²) < 4.78 is 28.7. The van der Waals surface area contributed by atoms with Gasteiger partial charge in [0.2, 0.25) is 0 Å². The molecule has 0 spiro atoms. The molecule has 0 radical (unpaired) electrons. The van der Waals surface area contributed by atoms with Gasteiger partial charge in [0.25, 0.3) is 0 Å². The maximum Gasteiger partial charge on any atom is 0.410 e. The quantitative estimate of drug-likeness (QED) is 0.121. The van der Waals surface area contributed by atoms with Crippen LogP contribution in [0.5, 0.6) is 11.8 Å². The van der Waals surface area contributed by atoms with Crippen LogP contribution in [0.3, 0.4) is 0 Å². The lowest BCUT2D eigenvalue weighted by Crippen LogP contribution is -2.50. The average Bonchev–Trinajstić information content (AvgIpc) is 3.55. The molecule has 4 heterocycles. The molecule has 3 fully saturated rings. The second-order valence-electron chi connectivity index (χ2n) is 16.7. The van der Waals surface area contributed by atoms with E-state index in [4.69, 9.17) is 25.9 Å². The number of H-pyrrole nitrogens is 1. The number of fused-ring (bicyclic) bond motifs is 4. The van der Waals surface area contributed by atoms with E-state index in [1.165, 1.54) is 6.07 Å². The maximum atomic E-state index is 16.4. The molecule has 8 rings (SSSR count). The SMILES string of the molecule is C#Cc1ccc(CCc2c(F)cc3[nH]ncc3c2-c2c(C3CC3)cc3c(N4CC5CC4CN5C(=O)OC(C)(C)C)nc(OC(CCC)CCC)nc3c2O)cc1. The minimum Gasteiger partial charge on any atom is -0.505 e. The molecule has 5 aromatic rings. The Balaban J connectivity index is 1.27. The summed E-state index contributed by atoms with van der Waals surface area (Å²) in [5, 5.41) is 21.4. The molecule has 2 saturated heterocycles. The van der Waals surface area contributed by atoms with Crippen LogP contribution >= 0.6 is 0 Å². The summed E-state index contributed by atoms with van der Waals surface area (Å²) in [5.41, 5.74) is 4.80. The molecule has 292 valence electrons. The van der Waals surface area contributed by atoms with E-state index < -0.39 is 5.60 Å². The first kappa shape index (κ1) is 37.5. The number of piperazine rings is 1. The van der Waals surface area contributed by atoms with Gasteiger partial charge in [-0.2, -0.15) is 15.1 Å². The fourth-order valence-electron chi connectivity index (χ4n) is 8.68. The number of carbonyl (C=O) groups is 1. The third-order valence-electron chi connectivity index (χ3n) is 11.4. The Morgan fingerprint density at radius 3 is 2.43 bits per heavy atom. The van der Waals surface area contributed by atoms with Crippen LogP contribution in [0.2, 0.25) is 0 Å². The third kappa shape index (κ3) is 7.22. The lowest BCUT2D eigenvalue weighted by molar-refractivity contribution is 0.0214. The Bertz CT molecular complexity index is 2320. The van der Waals surface area contributed by atoms with Gasteiger partial charge in [-0.05, 0) is 113 Å². The van der Waals surface area contributed by atoms with Crippen molar-refractivity contribution in [2.24, 2.45) is 0 Å². The second-order valence-corrected chi connectivity index (χ2v) is 16.7. The standard InChI is InChI=1S/C45H51FN6O4/c1-7-10-31(11-8-2)55-43-48-40-34(42(49-43)51-24-30-20-29(51)25-52(30)44(54)56-45(4,5)6)21-33(28-17-18-28)39(41(40)53)38-32(36(46)22-37-35(38)23-47-50-37)19-16-27-14-12-26(9-3)13-15-27/h3,12-15,21-23,28-31,53H,7-8,10-11,16-20,24-25H2,1-2,4-6H3,(H,47,50). The van der Waals surface area contributed by atoms with Gasteiger partial charge in [-0.15, -0.1) is 6.42 Å². The van der Waals surface area contributed by atoms with Gasteiger partial charge >= 0.3 is 12.1 Å². The number of aryl methyl sites for hydroxylation is 1. The van der Waals surface area contributed by atoms with E-state index in [-0.39, 0.29) is 47.8 Å². The number of phenolic OH excluding ortho intramolecular Hbond substituents is 1. The molecule has 2 atom stereocenters. The molecule has 2 aliphatic heterocycles. The number of nitrogens with one attached hydrogen (secondary N) is 1. The molecule has 1 aliphatic carbocycles. The first-order chi connectivity index (χ1) is 27.0. The largest absolute Gasteiger partial charge is 0.505 e. The number of amides is 1. The van der Waals surface area contributed by atoms with Gasteiger partial charge in [0, 0.05) is 40.6 Å². The van der Waals surface area contributed by atoms with Crippen molar-refractivity contribution in [1.82, 2.24) is 25.1 Å². The van der Waals surface area contributed by atoms with Gasteiger partial charge in [-0.3, -0.25) is 5.10 Å². The molecule has 2 bridgehead atoms. The van der Waals surface area contributed by atoms with E-state index in [9.17, 15) is 9.90 Å². The van der Waals surface area contributed by atoms with Crippen molar-refractivity contribution in [1.29, 1.82) is 0 Å². The zero-order chi connectivity index (χ0) is 39.3. The van der Waals surface area contributed by atoms with Gasteiger partial charge in [-0.1, -0.05) is 44.7 Å². The lowest BCUT2D eigenvalue weighted by Gasteiger charge is -2.36. The summed E-state index contributed by atoms with van der Waals surface area (Å²) in [6.07, 6.45) is 14.1. The second kappa shape index (κ2) is 14.9. The van der Waals surface area contributed by atoms with Gasteiger partial charge in [0.05, 0.1) is 23.8 Å². The van der Waals surface area contributed by atoms with Gasteiger partial charge in [0.15, 0.2) is 0 Å². The number of rotatable bonds is 12. The van der Waals surface area contributed by atoms with E-state index in [0.717, 1.165) is 72.4 Å². The van der Waals surface area contributed by atoms with Crippen molar-refractivity contribution in [2.45, 2.75) is 122 Å². The van der Waals surface area contributed by atoms with Crippen LogP contribution in [0.1, 0.15) is 108 Å². The average molecular weight is 759 g/mol. The van der Waals surface area contributed by atoms with E-state index in [0.29, 0.717) is 59.5 Å². The summed E-state index contributed by atoms with van der Waals surface area (Å²) >= 11 is 0. The molecule has 3 aromatic carbocycles. The molecular formula is C45H51FN6O4. The summed E-state index contributed by atoms with van der Waals surface area (Å²) in [6, 6.07) is 11.5. The van der Waals surface area contributed by atoms with Crippen LogP contribution in [0.15, 0.2) is 42.6 Å².